The van der Waals surface area contributed by atoms with Crippen molar-refractivity contribution in [3.05, 3.63) is 66.7 Å². The van der Waals surface area contributed by atoms with Gasteiger partial charge in [-0.25, -0.2) is 14.4 Å². The van der Waals surface area contributed by atoms with Crippen LogP contribution in [0.4, 0.5) is 10.2 Å². The zero-order valence-corrected chi connectivity index (χ0v) is 16.4. The highest BCUT2D eigenvalue weighted by Gasteiger charge is 2.37. The second-order valence-corrected chi connectivity index (χ2v) is 7.95. The molecular formula is C23H21FN6. The molecule has 4 aromatic rings. The number of rotatable bonds is 3. The molecule has 7 heteroatoms. The third-order valence-corrected chi connectivity index (χ3v) is 6.16. The Labute approximate surface area is 173 Å². The van der Waals surface area contributed by atoms with Crippen molar-refractivity contribution in [2.75, 3.05) is 18.0 Å². The molecule has 0 amide bonds. The minimum absolute atomic E-state index is 0.264. The van der Waals surface area contributed by atoms with E-state index in [9.17, 15) is 4.39 Å². The first-order valence-electron chi connectivity index (χ1n) is 10.3. The molecule has 0 spiro atoms. The second-order valence-electron chi connectivity index (χ2n) is 7.95. The lowest BCUT2D eigenvalue weighted by Crippen LogP contribution is -2.52. The molecule has 6 nitrogen and oxygen atoms in total. The van der Waals surface area contributed by atoms with E-state index in [1.165, 1.54) is 25.0 Å². The smallest absolute Gasteiger partial charge is 0.167 e. The first-order chi connectivity index (χ1) is 14.8. The number of fused-ring (bicyclic) bond motifs is 3. The fourth-order valence-electron chi connectivity index (χ4n) is 4.77. The van der Waals surface area contributed by atoms with Gasteiger partial charge in [-0.15, -0.1) is 0 Å². The molecule has 1 N–H and O–H groups in total. The second kappa shape index (κ2) is 6.88. The zero-order valence-electron chi connectivity index (χ0n) is 16.4. The summed E-state index contributed by atoms with van der Waals surface area (Å²) in [7, 11) is 0. The van der Waals surface area contributed by atoms with Crippen LogP contribution in [0.25, 0.3) is 28.2 Å². The Morgan fingerprint density at radius 2 is 1.60 bits per heavy atom. The number of nitrogens with one attached hydrogen (secondary N) is 1. The quantitative estimate of drug-likeness (QED) is 0.570. The van der Waals surface area contributed by atoms with Gasteiger partial charge in [0, 0.05) is 43.1 Å². The van der Waals surface area contributed by atoms with Crippen LogP contribution >= 0.6 is 0 Å². The minimum Gasteiger partial charge on any atom is -0.348 e. The first kappa shape index (κ1) is 17.5. The summed E-state index contributed by atoms with van der Waals surface area (Å²) in [6.45, 7) is 2.00. The normalized spacial score (nSPS) is 20.8. The number of benzene rings is 1. The number of hydrogen-bond acceptors (Lipinski definition) is 5. The van der Waals surface area contributed by atoms with Crippen LogP contribution in [0.1, 0.15) is 12.8 Å². The molecular weight excluding hydrogens is 379 g/mol. The summed E-state index contributed by atoms with van der Waals surface area (Å²) >= 11 is 0. The van der Waals surface area contributed by atoms with Crippen molar-refractivity contribution in [1.29, 1.82) is 0 Å². The highest BCUT2D eigenvalue weighted by Crippen LogP contribution is 2.34. The maximum absolute atomic E-state index is 13.5. The van der Waals surface area contributed by atoms with Crippen molar-refractivity contribution in [1.82, 2.24) is 24.8 Å². The molecule has 3 aromatic heterocycles. The standard InChI is InChI=1S/C23H21FN6/c24-16-3-1-15(2-4-16)22-27-20-7-8-21(29-18-5-6-19(29)14-26-13-18)28-23(20)30(22)17-9-11-25-12-10-17/h1-4,7-12,18-19,26H,5-6,13-14H2/t18-,19+. The van der Waals surface area contributed by atoms with E-state index in [-0.39, 0.29) is 5.82 Å². The predicted octanol–water partition coefficient (Wildman–Crippen LogP) is 3.56. The van der Waals surface area contributed by atoms with E-state index in [0.29, 0.717) is 12.1 Å². The molecule has 2 aliphatic rings. The summed E-state index contributed by atoms with van der Waals surface area (Å²) in [6.07, 6.45) is 5.91. The lowest BCUT2D eigenvalue weighted by Gasteiger charge is -2.36. The fourth-order valence-corrected chi connectivity index (χ4v) is 4.77. The van der Waals surface area contributed by atoms with Crippen LogP contribution < -0.4 is 10.2 Å². The van der Waals surface area contributed by atoms with E-state index in [2.05, 4.69) is 21.3 Å². The van der Waals surface area contributed by atoms with Gasteiger partial charge in [-0.3, -0.25) is 9.55 Å². The Kier molecular flexibility index (Phi) is 4.02. The molecule has 150 valence electrons. The van der Waals surface area contributed by atoms with E-state index in [1.807, 2.05) is 22.8 Å². The minimum atomic E-state index is -0.264. The third-order valence-electron chi connectivity index (χ3n) is 6.16. The van der Waals surface area contributed by atoms with Gasteiger partial charge < -0.3 is 10.2 Å². The first-order valence-corrected chi connectivity index (χ1v) is 10.3. The Bertz CT molecular complexity index is 1190. The van der Waals surface area contributed by atoms with E-state index in [4.69, 9.17) is 9.97 Å². The van der Waals surface area contributed by atoms with Gasteiger partial charge in [0.15, 0.2) is 5.65 Å². The fraction of sp³-hybridized carbons (Fsp3) is 0.261. The monoisotopic (exact) mass is 400 g/mol. The largest absolute Gasteiger partial charge is 0.348 e. The van der Waals surface area contributed by atoms with Crippen molar-refractivity contribution >= 4 is 17.0 Å². The number of imidazole rings is 1. The molecule has 2 saturated heterocycles. The molecule has 1 aromatic carbocycles. The lowest BCUT2D eigenvalue weighted by molar-refractivity contribution is 0.481. The number of nitrogens with zero attached hydrogens (tertiary/aromatic N) is 5. The molecule has 0 radical (unpaired) electrons. The van der Waals surface area contributed by atoms with E-state index >= 15 is 0 Å². The summed E-state index contributed by atoms with van der Waals surface area (Å²) in [4.78, 5) is 16.6. The number of hydrogen-bond donors (Lipinski definition) is 1. The van der Waals surface area contributed by atoms with Crippen LogP contribution in [0.15, 0.2) is 60.9 Å². The Balaban J connectivity index is 1.55. The number of halogens is 1. The number of piperazine rings is 1. The number of aromatic nitrogens is 4. The van der Waals surface area contributed by atoms with Crippen LogP contribution in [0, 0.1) is 5.82 Å². The maximum Gasteiger partial charge on any atom is 0.167 e. The van der Waals surface area contributed by atoms with E-state index in [1.54, 1.807) is 24.5 Å². The van der Waals surface area contributed by atoms with Crippen molar-refractivity contribution < 1.29 is 4.39 Å². The molecule has 0 saturated carbocycles. The maximum atomic E-state index is 13.5. The Morgan fingerprint density at radius 3 is 2.33 bits per heavy atom. The van der Waals surface area contributed by atoms with Gasteiger partial charge in [0.05, 0.1) is 5.69 Å². The average molecular weight is 400 g/mol. The number of anilines is 1. The van der Waals surface area contributed by atoms with Crippen LogP contribution in [0.3, 0.4) is 0 Å². The summed E-state index contributed by atoms with van der Waals surface area (Å²) in [5.74, 6) is 1.47. The van der Waals surface area contributed by atoms with Gasteiger partial charge in [0.25, 0.3) is 0 Å². The van der Waals surface area contributed by atoms with Gasteiger partial charge >= 0.3 is 0 Å². The molecule has 5 heterocycles. The highest BCUT2D eigenvalue weighted by atomic mass is 19.1. The summed E-state index contributed by atoms with van der Waals surface area (Å²) in [6, 6.07) is 15.4. The van der Waals surface area contributed by atoms with Gasteiger partial charge in [0.1, 0.15) is 23.0 Å². The van der Waals surface area contributed by atoms with Gasteiger partial charge in [-0.1, -0.05) is 0 Å². The molecule has 0 unspecified atom stereocenters. The third kappa shape index (κ3) is 2.77. The van der Waals surface area contributed by atoms with Crippen LogP contribution in [0.5, 0.6) is 0 Å². The van der Waals surface area contributed by atoms with E-state index in [0.717, 1.165) is 47.1 Å². The lowest BCUT2D eigenvalue weighted by atomic mass is 10.2. The predicted molar refractivity (Wildman–Crippen MR) is 114 cm³/mol. The number of pyridine rings is 2. The zero-order chi connectivity index (χ0) is 20.1. The van der Waals surface area contributed by atoms with Crippen LogP contribution in [0.2, 0.25) is 0 Å². The van der Waals surface area contributed by atoms with Gasteiger partial charge in [-0.2, -0.15) is 0 Å². The molecule has 2 fully saturated rings. The van der Waals surface area contributed by atoms with Gasteiger partial charge in [-0.05, 0) is 61.4 Å². The molecule has 2 atom stereocenters. The molecule has 2 aliphatic heterocycles. The molecule has 6 rings (SSSR count). The SMILES string of the molecule is Fc1ccc(-c2nc3ccc(N4[C@@H]5CC[C@H]4CNC5)nc3n2-c2ccncc2)cc1. The highest BCUT2D eigenvalue weighted by molar-refractivity contribution is 5.81. The van der Waals surface area contributed by atoms with Crippen molar-refractivity contribution in [3.63, 3.8) is 0 Å². The van der Waals surface area contributed by atoms with Crippen molar-refractivity contribution in [2.24, 2.45) is 0 Å². The van der Waals surface area contributed by atoms with E-state index < -0.39 is 0 Å². The van der Waals surface area contributed by atoms with Crippen molar-refractivity contribution in [3.8, 4) is 17.1 Å². The summed E-state index contributed by atoms with van der Waals surface area (Å²) in [5, 5.41) is 3.53. The molecule has 30 heavy (non-hydrogen) atoms. The molecule has 0 aliphatic carbocycles. The van der Waals surface area contributed by atoms with Crippen LogP contribution in [-0.2, 0) is 0 Å². The molecule has 2 bridgehead atoms. The summed E-state index contributed by atoms with van der Waals surface area (Å²) in [5.41, 5.74) is 3.39. The van der Waals surface area contributed by atoms with Crippen molar-refractivity contribution in [2.45, 2.75) is 24.9 Å². The Hall–Kier alpha value is -3.32. The topological polar surface area (TPSA) is 58.9 Å². The van der Waals surface area contributed by atoms with Crippen LogP contribution in [-0.4, -0.2) is 44.7 Å². The summed E-state index contributed by atoms with van der Waals surface area (Å²) < 4.78 is 15.5. The Morgan fingerprint density at radius 1 is 0.867 bits per heavy atom. The average Bonchev–Trinajstić information content (AvgIpc) is 3.28. The van der Waals surface area contributed by atoms with Gasteiger partial charge in [0.2, 0.25) is 0 Å².